The molecule has 10 heteroatoms. The first-order chi connectivity index (χ1) is 11.2. The Balaban J connectivity index is 2.71. The highest BCUT2D eigenvalue weighted by molar-refractivity contribution is 7.89. The van der Waals surface area contributed by atoms with Crippen molar-refractivity contribution in [1.82, 2.24) is 14.9 Å². The second-order valence-electron chi connectivity index (χ2n) is 4.73. The van der Waals surface area contributed by atoms with Gasteiger partial charge >= 0.3 is 5.97 Å². The number of ether oxygens (including phenoxy) is 1. The van der Waals surface area contributed by atoms with Gasteiger partial charge in [0.05, 0.1) is 17.0 Å². The summed E-state index contributed by atoms with van der Waals surface area (Å²) in [6.45, 7) is -0.724. The lowest BCUT2D eigenvalue weighted by atomic mass is 10.2. The molecule has 0 fully saturated rings. The van der Waals surface area contributed by atoms with Crippen molar-refractivity contribution >= 4 is 27.8 Å². The average Bonchev–Trinajstić information content (AvgIpc) is 2.59. The fraction of sp³-hybridized carbons (Fsp3) is 0.357. The minimum absolute atomic E-state index is 0.00641. The molecule has 2 N–H and O–H groups in total. The van der Waals surface area contributed by atoms with E-state index in [1.807, 2.05) is 0 Å². The Kier molecular flexibility index (Phi) is 6.86. The van der Waals surface area contributed by atoms with Crippen molar-refractivity contribution in [3.63, 3.8) is 0 Å². The van der Waals surface area contributed by atoms with Gasteiger partial charge in [-0.25, -0.2) is 17.9 Å². The van der Waals surface area contributed by atoms with Crippen LogP contribution in [0.2, 0.25) is 0 Å². The van der Waals surface area contributed by atoms with Crippen molar-refractivity contribution in [2.45, 2.75) is 4.90 Å². The molecular weight excluding hydrogens is 338 g/mol. The van der Waals surface area contributed by atoms with Gasteiger partial charge in [-0.05, 0) is 25.2 Å². The Morgan fingerprint density at radius 2 is 1.88 bits per heavy atom. The molecule has 0 saturated heterocycles. The molecule has 0 spiro atoms. The molecule has 0 aliphatic heterocycles. The lowest BCUT2D eigenvalue weighted by molar-refractivity contribution is -0.137. The Bertz CT molecular complexity index is 732. The third-order valence-electron chi connectivity index (χ3n) is 3.06. The molecular formula is C14H19N3O6S. The third kappa shape index (κ3) is 5.32. The van der Waals surface area contributed by atoms with Gasteiger partial charge in [0.2, 0.25) is 15.9 Å². The summed E-state index contributed by atoms with van der Waals surface area (Å²) in [7, 11) is 0.390. The molecule has 1 aromatic rings. The summed E-state index contributed by atoms with van der Waals surface area (Å²) >= 11 is 0. The van der Waals surface area contributed by atoms with Crippen molar-refractivity contribution in [1.29, 1.82) is 0 Å². The van der Waals surface area contributed by atoms with Crippen LogP contribution in [0.4, 0.5) is 0 Å². The molecule has 0 aliphatic carbocycles. The predicted molar refractivity (Wildman–Crippen MR) is 84.7 cm³/mol. The first kappa shape index (κ1) is 19.6. The van der Waals surface area contributed by atoms with Gasteiger partial charge < -0.3 is 15.0 Å². The van der Waals surface area contributed by atoms with Gasteiger partial charge in [-0.15, -0.1) is 0 Å². The van der Waals surface area contributed by atoms with Crippen molar-refractivity contribution in [3.05, 3.63) is 29.8 Å². The monoisotopic (exact) mass is 357 g/mol. The van der Waals surface area contributed by atoms with Crippen molar-refractivity contribution < 1.29 is 27.5 Å². The normalized spacial score (nSPS) is 10.8. The van der Waals surface area contributed by atoms with E-state index >= 15 is 0 Å². The molecule has 0 aromatic heterocycles. The van der Waals surface area contributed by atoms with Gasteiger partial charge in [-0.3, -0.25) is 9.59 Å². The Hall–Kier alpha value is -2.46. The Morgan fingerprint density at radius 3 is 2.46 bits per heavy atom. The highest BCUT2D eigenvalue weighted by Crippen LogP contribution is 2.12. The zero-order chi connectivity index (χ0) is 18.3. The van der Waals surface area contributed by atoms with Gasteiger partial charge in [-0.1, -0.05) is 6.07 Å². The van der Waals surface area contributed by atoms with Gasteiger partial charge in [0.1, 0.15) is 0 Å². The Labute approximate surface area is 140 Å². The van der Waals surface area contributed by atoms with Crippen LogP contribution >= 0.6 is 0 Å². The number of amides is 2. The average molecular weight is 357 g/mol. The highest BCUT2D eigenvalue weighted by atomic mass is 32.2. The van der Waals surface area contributed by atoms with Crippen LogP contribution in [-0.4, -0.2) is 65.4 Å². The van der Waals surface area contributed by atoms with E-state index in [4.69, 9.17) is 4.74 Å². The number of rotatable bonds is 7. The van der Waals surface area contributed by atoms with Crippen LogP contribution in [0.5, 0.6) is 0 Å². The molecule has 0 bridgehead atoms. The zero-order valence-corrected chi connectivity index (χ0v) is 14.3. The quantitative estimate of drug-likeness (QED) is 0.601. The number of hydrogen-bond acceptors (Lipinski definition) is 6. The van der Waals surface area contributed by atoms with Crippen LogP contribution < -0.4 is 10.0 Å². The fourth-order valence-electron chi connectivity index (χ4n) is 1.61. The second kappa shape index (κ2) is 8.41. The summed E-state index contributed by atoms with van der Waals surface area (Å²) in [5, 5.41) is 2.36. The van der Waals surface area contributed by atoms with E-state index in [-0.39, 0.29) is 22.9 Å². The molecule has 0 atom stereocenters. The summed E-state index contributed by atoms with van der Waals surface area (Å²) in [6, 6.07) is 5.23. The van der Waals surface area contributed by atoms with Crippen LogP contribution in [0.1, 0.15) is 10.4 Å². The summed E-state index contributed by atoms with van der Waals surface area (Å²) in [4.78, 5) is 35.9. The van der Waals surface area contributed by atoms with Crippen LogP contribution in [-0.2, 0) is 24.3 Å². The van der Waals surface area contributed by atoms with E-state index in [0.29, 0.717) is 0 Å². The van der Waals surface area contributed by atoms with E-state index in [0.717, 1.165) is 11.0 Å². The molecule has 0 radical (unpaired) electrons. The molecule has 0 aliphatic rings. The second-order valence-corrected chi connectivity index (χ2v) is 6.62. The van der Waals surface area contributed by atoms with Crippen molar-refractivity contribution in [2.24, 2.45) is 0 Å². The summed E-state index contributed by atoms with van der Waals surface area (Å²) in [5.74, 6) is -1.77. The van der Waals surface area contributed by atoms with Gasteiger partial charge in [0.25, 0.3) is 5.91 Å². The zero-order valence-electron chi connectivity index (χ0n) is 13.5. The molecule has 0 unspecified atom stereocenters. The molecule has 9 nitrogen and oxygen atoms in total. The first-order valence-corrected chi connectivity index (χ1v) is 8.35. The Morgan fingerprint density at radius 1 is 1.21 bits per heavy atom. The van der Waals surface area contributed by atoms with E-state index < -0.39 is 28.5 Å². The van der Waals surface area contributed by atoms with E-state index in [1.165, 1.54) is 39.3 Å². The minimum atomic E-state index is -3.69. The van der Waals surface area contributed by atoms with E-state index in [2.05, 4.69) is 10.0 Å². The maximum Gasteiger partial charge on any atom is 0.338 e. The maximum atomic E-state index is 11.9. The van der Waals surface area contributed by atoms with Gasteiger partial charge in [-0.2, -0.15) is 0 Å². The number of carbonyl (C=O) groups is 3. The lowest BCUT2D eigenvalue weighted by Crippen LogP contribution is -2.39. The van der Waals surface area contributed by atoms with Crippen molar-refractivity contribution in [2.75, 3.05) is 34.3 Å². The topological polar surface area (TPSA) is 122 Å². The SMILES string of the molecule is CNC(=O)CN(C)C(=O)COC(=O)c1cccc(S(=O)(=O)NC)c1. The van der Waals surface area contributed by atoms with Crippen LogP contribution in [0.3, 0.4) is 0 Å². The number of nitrogens with zero attached hydrogens (tertiary/aromatic N) is 1. The third-order valence-corrected chi connectivity index (χ3v) is 4.47. The molecule has 2 amide bonds. The smallest absolute Gasteiger partial charge is 0.338 e. The lowest BCUT2D eigenvalue weighted by Gasteiger charge is -2.16. The summed E-state index contributed by atoms with van der Waals surface area (Å²) < 4.78 is 30.4. The molecule has 24 heavy (non-hydrogen) atoms. The van der Waals surface area contributed by atoms with Crippen molar-refractivity contribution in [3.8, 4) is 0 Å². The standard InChI is InChI=1S/C14H19N3O6S/c1-15-12(18)8-17(3)13(19)9-23-14(20)10-5-4-6-11(7-10)24(21,22)16-2/h4-7,16H,8-9H2,1-3H3,(H,15,18). The maximum absolute atomic E-state index is 11.9. The van der Waals surface area contributed by atoms with Crippen LogP contribution in [0.15, 0.2) is 29.2 Å². The molecule has 1 aromatic carbocycles. The van der Waals surface area contributed by atoms with E-state index in [9.17, 15) is 22.8 Å². The van der Waals surface area contributed by atoms with Gasteiger partial charge in [0, 0.05) is 14.1 Å². The first-order valence-electron chi connectivity index (χ1n) is 6.86. The van der Waals surface area contributed by atoms with Crippen LogP contribution in [0.25, 0.3) is 0 Å². The number of carbonyl (C=O) groups excluding carboxylic acids is 3. The molecule has 1 rings (SSSR count). The largest absolute Gasteiger partial charge is 0.452 e. The van der Waals surface area contributed by atoms with Crippen LogP contribution in [0, 0.1) is 0 Å². The fourth-order valence-corrected chi connectivity index (χ4v) is 2.39. The summed E-state index contributed by atoms with van der Waals surface area (Å²) in [6.07, 6.45) is 0. The molecule has 0 saturated carbocycles. The summed E-state index contributed by atoms with van der Waals surface area (Å²) in [5.41, 5.74) is -0.00641. The number of sulfonamides is 1. The predicted octanol–water partition coefficient (Wildman–Crippen LogP) is -1.04. The number of nitrogens with one attached hydrogen (secondary N) is 2. The number of hydrogen-bond donors (Lipinski definition) is 2. The van der Waals surface area contributed by atoms with Gasteiger partial charge in [0.15, 0.2) is 6.61 Å². The minimum Gasteiger partial charge on any atom is -0.452 e. The molecule has 132 valence electrons. The number of likely N-dealkylation sites (N-methyl/N-ethyl adjacent to an activating group) is 2. The number of esters is 1. The van der Waals surface area contributed by atoms with E-state index in [1.54, 1.807) is 0 Å². The molecule has 0 heterocycles. The number of benzene rings is 1. The highest BCUT2D eigenvalue weighted by Gasteiger charge is 2.17.